The van der Waals surface area contributed by atoms with Crippen LogP contribution in [-0.4, -0.2) is 60.9 Å². The van der Waals surface area contributed by atoms with Crippen LogP contribution in [0.15, 0.2) is 59.6 Å². The Bertz CT molecular complexity index is 930. The lowest BCUT2D eigenvalue weighted by atomic mass is 10.1. The summed E-state index contributed by atoms with van der Waals surface area (Å²) in [7, 11) is 1.81. The minimum Gasteiger partial charge on any atom is -0.355 e. The van der Waals surface area contributed by atoms with Crippen molar-refractivity contribution in [2.24, 2.45) is 4.99 Å². The normalized spacial score (nSPS) is 18.9. The molecule has 4 rings (SSSR count). The molecule has 2 fully saturated rings. The number of carbonyl (C=O) groups excluding carboxylic acids is 1. The van der Waals surface area contributed by atoms with Gasteiger partial charge in [-0.05, 0) is 61.9 Å². The molecule has 184 valence electrons. The largest absolute Gasteiger partial charge is 0.355 e. The van der Waals surface area contributed by atoms with E-state index in [0.717, 1.165) is 62.7 Å². The number of hydrogen-bond acceptors (Lipinski definition) is 3. The molecule has 0 radical (unpaired) electrons. The maximum absolute atomic E-state index is 12.8. The van der Waals surface area contributed by atoms with E-state index in [1.165, 1.54) is 24.8 Å². The maximum atomic E-state index is 12.8. The van der Waals surface area contributed by atoms with Gasteiger partial charge in [-0.25, -0.2) is 0 Å². The van der Waals surface area contributed by atoms with Gasteiger partial charge in [0.2, 0.25) is 0 Å². The van der Waals surface area contributed by atoms with Crippen molar-refractivity contribution in [1.82, 2.24) is 20.4 Å². The highest BCUT2D eigenvalue weighted by molar-refractivity contribution is 14.0. The Morgan fingerprint density at radius 1 is 0.941 bits per heavy atom. The predicted molar refractivity (Wildman–Crippen MR) is 150 cm³/mol. The minimum absolute atomic E-state index is 0. The molecule has 1 amide bonds. The maximum Gasteiger partial charge on any atom is 0.253 e. The molecule has 0 aromatic heterocycles. The monoisotopic (exact) mass is 575 g/mol. The Kier molecular flexibility index (Phi) is 10.7. The molecule has 0 bridgehead atoms. The van der Waals surface area contributed by atoms with Crippen molar-refractivity contribution in [3.05, 3.63) is 71.3 Å². The van der Waals surface area contributed by atoms with E-state index in [1.54, 1.807) is 0 Å². The van der Waals surface area contributed by atoms with Crippen LogP contribution in [0, 0.1) is 0 Å². The molecular weight excluding hydrogens is 537 g/mol. The van der Waals surface area contributed by atoms with Gasteiger partial charge in [0, 0.05) is 51.4 Å². The summed E-state index contributed by atoms with van der Waals surface area (Å²) in [5.41, 5.74) is 3.24. The van der Waals surface area contributed by atoms with Crippen molar-refractivity contribution in [3.8, 4) is 0 Å². The molecule has 2 N–H and O–H groups in total. The Balaban J connectivity index is 0.00000324. The second kappa shape index (κ2) is 13.7. The molecule has 2 aromatic carbocycles. The van der Waals surface area contributed by atoms with Crippen LogP contribution >= 0.6 is 24.0 Å². The molecule has 0 aliphatic carbocycles. The van der Waals surface area contributed by atoms with E-state index >= 15 is 0 Å². The molecular formula is C27H38IN5O. The summed E-state index contributed by atoms with van der Waals surface area (Å²) in [5.74, 6) is 0.952. The van der Waals surface area contributed by atoms with Gasteiger partial charge >= 0.3 is 0 Å². The van der Waals surface area contributed by atoms with Gasteiger partial charge in [-0.3, -0.25) is 14.7 Å². The third kappa shape index (κ3) is 7.43. The Labute approximate surface area is 221 Å². The number of carbonyl (C=O) groups is 1. The molecule has 2 aliphatic rings. The van der Waals surface area contributed by atoms with Crippen LogP contribution in [0.5, 0.6) is 0 Å². The third-order valence-corrected chi connectivity index (χ3v) is 6.73. The molecule has 2 saturated heterocycles. The van der Waals surface area contributed by atoms with Gasteiger partial charge in [0.05, 0.1) is 0 Å². The van der Waals surface area contributed by atoms with Crippen LogP contribution in [0.2, 0.25) is 0 Å². The van der Waals surface area contributed by atoms with Crippen molar-refractivity contribution < 1.29 is 4.79 Å². The number of nitrogens with one attached hydrogen (secondary N) is 2. The van der Waals surface area contributed by atoms with Crippen molar-refractivity contribution >= 4 is 35.8 Å². The average Bonchev–Trinajstić information content (AvgIpc) is 3.31. The standard InChI is InChI=1S/C27H37N5O.HI/c1-28-27(30-20-25-14-9-17-32(25)21-22-10-4-2-5-11-22)29-19-23-12-8-13-24(18-23)26(33)31-15-6-3-7-16-31;/h2,4-5,8,10-13,18,25H,3,6-7,9,14-17,19-21H2,1H3,(H2,28,29,30);1H. The van der Waals surface area contributed by atoms with E-state index in [0.29, 0.717) is 12.6 Å². The number of guanidine groups is 1. The Hall–Kier alpha value is -2.13. The lowest BCUT2D eigenvalue weighted by Crippen LogP contribution is -2.44. The quantitative estimate of drug-likeness (QED) is 0.295. The van der Waals surface area contributed by atoms with E-state index in [4.69, 9.17) is 0 Å². The number of likely N-dealkylation sites (tertiary alicyclic amines) is 2. The summed E-state index contributed by atoms with van der Waals surface area (Å²) in [6, 6.07) is 19.2. The highest BCUT2D eigenvalue weighted by Gasteiger charge is 2.24. The zero-order valence-electron chi connectivity index (χ0n) is 20.2. The van der Waals surface area contributed by atoms with Gasteiger partial charge in [0.25, 0.3) is 5.91 Å². The number of rotatable bonds is 7. The predicted octanol–water partition coefficient (Wildman–Crippen LogP) is 4.26. The van der Waals surface area contributed by atoms with Crippen molar-refractivity contribution in [1.29, 1.82) is 0 Å². The molecule has 0 spiro atoms. The molecule has 7 heteroatoms. The number of nitrogens with zero attached hydrogens (tertiary/aromatic N) is 3. The molecule has 1 atom stereocenters. The number of hydrogen-bond donors (Lipinski definition) is 2. The minimum atomic E-state index is 0. The fourth-order valence-corrected chi connectivity index (χ4v) is 4.87. The number of piperidine rings is 1. The molecule has 34 heavy (non-hydrogen) atoms. The second-order valence-corrected chi connectivity index (χ2v) is 9.11. The first-order valence-electron chi connectivity index (χ1n) is 12.3. The number of amides is 1. The first-order valence-corrected chi connectivity index (χ1v) is 12.3. The SMILES string of the molecule is CN=C(NCc1cccc(C(=O)N2CCCCC2)c1)NCC1CCCN1Cc1ccccc1.I. The highest BCUT2D eigenvalue weighted by atomic mass is 127. The average molecular weight is 576 g/mol. The summed E-state index contributed by atoms with van der Waals surface area (Å²) in [6.45, 7) is 5.40. The van der Waals surface area contributed by atoms with Crippen LogP contribution < -0.4 is 10.6 Å². The number of halogens is 1. The summed E-state index contributed by atoms with van der Waals surface area (Å²) < 4.78 is 0. The molecule has 6 nitrogen and oxygen atoms in total. The summed E-state index contributed by atoms with van der Waals surface area (Å²) in [4.78, 5) is 21.8. The zero-order chi connectivity index (χ0) is 22.9. The van der Waals surface area contributed by atoms with E-state index in [9.17, 15) is 4.79 Å². The van der Waals surface area contributed by atoms with Crippen LogP contribution in [-0.2, 0) is 13.1 Å². The lowest BCUT2D eigenvalue weighted by molar-refractivity contribution is 0.0724. The van der Waals surface area contributed by atoms with E-state index in [-0.39, 0.29) is 29.9 Å². The van der Waals surface area contributed by atoms with E-state index in [1.807, 2.05) is 30.1 Å². The number of benzene rings is 2. The summed E-state index contributed by atoms with van der Waals surface area (Å²) >= 11 is 0. The van der Waals surface area contributed by atoms with Gasteiger partial charge in [-0.15, -0.1) is 24.0 Å². The van der Waals surface area contributed by atoms with Gasteiger partial charge in [0.15, 0.2) is 5.96 Å². The van der Waals surface area contributed by atoms with Crippen LogP contribution in [0.1, 0.15) is 53.6 Å². The van der Waals surface area contributed by atoms with Gasteiger partial charge in [-0.1, -0.05) is 42.5 Å². The van der Waals surface area contributed by atoms with Gasteiger partial charge in [-0.2, -0.15) is 0 Å². The molecule has 2 aliphatic heterocycles. The van der Waals surface area contributed by atoms with Crippen molar-refractivity contribution in [3.63, 3.8) is 0 Å². The molecule has 2 aromatic rings. The summed E-state index contributed by atoms with van der Waals surface area (Å²) in [6.07, 6.45) is 5.89. The lowest BCUT2D eigenvalue weighted by Gasteiger charge is -2.27. The molecule has 2 heterocycles. The third-order valence-electron chi connectivity index (χ3n) is 6.73. The Morgan fingerprint density at radius 3 is 2.47 bits per heavy atom. The molecule has 0 saturated carbocycles. The van der Waals surface area contributed by atoms with Crippen LogP contribution in [0.25, 0.3) is 0 Å². The first kappa shape index (κ1) is 26.5. The molecule has 1 unspecified atom stereocenters. The van der Waals surface area contributed by atoms with E-state index < -0.39 is 0 Å². The fraction of sp³-hybridized carbons (Fsp3) is 0.481. The second-order valence-electron chi connectivity index (χ2n) is 9.11. The van der Waals surface area contributed by atoms with Crippen LogP contribution in [0.4, 0.5) is 0 Å². The van der Waals surface area contributed by atoms with Crippen molar-refractivity contribution in [2.45, 2.75) is 51.2 Å². The van der Waals surface area contributed by atoms with Crippen LogP contribution in [0.3, 0.4) is 0 Å². The highest BCUT2D eigenvalue weighted by Crippen LogP contribution is 2.19. The number of aliphatic imine (C=N–C) groups is 1. The van der Waals surface area contributed by atoms with Gasteiger partial charge < -0.3 is 15.5 Å². The van der Waals surface area contributed by atoms with Crippen molar-refractivity contribution in [2.75, 3.05) is 33.2 Å². The zero-order valence-corrected chi connectivity index (χ0v) is 22.5. The fourth-order valence-electron chi connectivity index (χ4n) is 4.87. The first-order chi connectivity index (χ1) is 16.2. The van der Waals surface area contributed by atoms with E-state index in [2.05, 4.69) is 56.9 Å². The van der Waals surface area contributed by atoms with Gasteiger partial charge in [0.1, 0.15) is 0 Å². The Morgan fingerprint density at radius 2 is 1.71 bits per heavy atom. The smallest absolute Gasteiger partial charge is 0.253 e. The topological polar surface area (TPSA) is 60.0 Å². The summed E-state index contributed by atoms with van der Waals surface area (Å²) in [5, 5.41) is 6.92.